The molecule has 0 bridgehead atoms. The van der Waals surface area contributed by atoms with Gasteiger partial charge in [0, 0.05) is 6.42 Å². The van der Waals surface area contributed by atoms with E-state index in [1.165, 1.54) is 0 Å². The van der Waals surface area contributed by atoms with E-state index in [1.54, 1.807) is 39.0 Å². The number of hydrogen-bond donors (Lipinski definition) is 2. The second-order valence-electron chi connectivity index (χ2n) is 11.0. The average Bonchev–Trinajstić information content (AvgIpc) is 3.00. The van der Waals surface area contributed by atoms with Crippen LogP contribution in [0.2, 0.25) is 0 Å². The number of carbonyl (C=O) groups is 4. The van der Waals surface area contributed by atoms with E-state index in [-0.39, 0.29) is 39.1 Å². The van der Waals surface area contributed by atoms with Gasteiger partial charge in [0.15, 0.2) is 11.5 Å². The third-order valence-corrected chi connectivity index (χ3v) is 6.03. The molecule has 1 unspecified atom stereocenters. The second kappa shape index (κ2) is 17.3. The van der Waals surface area contributed by atoms with Gasteiger partial charge in [0.05, 0.1) is 12.8 Å². The third-order valence-electron chi connectivity index (χ3n) is 6.03. The summed E-state index contributed by atoms with van der Waals surface area (Å²) in [6.07, 6.45) is -1.45. The molecule has 0 aliphatic heterocycles. The van der Waals surface area contributed by atoms with Gasteiger partial charge in [-0.15, -0.1) is 0 Å². The van der Waals surface area contributed by atoms with Crippen LogP contribution in [0.25, 0.3) is 0 Å². The monoisotopic (exact) mass is 621 g/mol. The van der Waals surface area contributed by atoms with Crippen LogP contribution in [0.1, 0.15) is 50.3 Å². The number of aliphatic carboxylic acids is 1. The van der Waals surface area contributed by atoms with Crippen molar-refractivity contribution in [2.24, 2.45) is 0 Å². The summed E-state index contributed by atoms with van der Waals surface area (Å²) in [6, 6.07) is 23.4. The standard InChI is InChI=1S/C34H39NO10/c1-34(2,3)45-33(40)35-27(32(39)42-19-18-41-31(38)17-16-30(36)37)20-26-14-15-28(43-22-24-10-6-4-7-11-24)29(21-26)44-23-25-12-8-5-9-13-25/h4-15,21,27H,16-20,22-23H2,1-3H3,(H,35,40)(H,36,37). The molecule has 2 N–H and O–H groups in total. The van der Waals surface area contributed by atoms with Gasteiger partial charge in [-0.3, -0.25) is 9.59 Å². The van der Waals surface area contributed by atoms with Crippen molar-refractivity contribution in [1.29, 1.82) is 0 Å². The number of hydrogen-bond acceptors (Lipinski definition) is 9. The molecule has 240 valence electrons. The Morgan fingerprint density at radius 3 is 1.89 bits per heavy atom. The number of benzene rings is 3. The van der Waals surface area contributed by atoms with Crippen LogP contribution in [0, 0.1) is 0 Å². The van der Waals surface area contributed by atoms with Gasteiger partial charge in [-0.25, -0.2) is 9.59 Å². The number of rotatable bonds is 16. The Kier molecular flexibility index (Phi) is 13.2. The quantitative estimate of drug-likeness (QED) is 0.124. The minimum atomic E-state index is -1.15. The molecule has 0 heterocycles. The number of amides is 1. The Labute approximate surface area is 262 Å². The largest absolute Gasteiger partial charge is 0.485 e. The topological polar surface area (TPSA) is 147 Å². The van der Waals surface area contributed by atoms with E-state index in [0.717, 1.165) is 11.1 Å². The second-order valence-corrected chi connectivity index (χ2v) is 11.0. The lowest BCUT2D eigenvalue weighted by Gasteiger charge is -2.23. The van der Waals surface area contributed by atoms with Gasteiger partial charge >= 0.3 is 24.0 Å². The lowest BCUT2D eigenvalue weighted by Crippen LogP contribution is -2.45. The number of carbonyl (C=O) groups excluding carboxylic acids is 3. The molecule has 0 fully saturated rings. The van der Waals surface area contributed by atoms with Gasteiger partial charge in [-0.1, -0.05) is 66.7 Å². The van der Waals surface area contributed by atoms with E-state index in [2.05, 4.69) is 5.32 Å². The molecule has 0 aromatic heterocycles. The van der Waals surface area contributed by atoms with E-state index in [4.69, 9.17) is 28.8 Å². The molecule has 0 radical (unpaired) electrons. The zero-order valence-corrected chi connectivity index (χ0v) is 25.7. The first-order chi connectivity index (χ1) is 21.5. The van der Waals surface area contributed by atoms with Crippen LogP contribution in [0.15, 0.2) is 78.9 Å². The van der Waals surface area contributed by atoms with E-state index in [9.17, 15) is 19.2 Å². The van der Waals surface area contributed by atoms with Gasteiger partial charge < -0.3 is 34.1 Å². The smallest absolute Gasteiger partial charge is 0.408 e. The van der Waals surface area contributed by atoms with Crippen LogP contribution in [-0.4, -0.2) is 54.0 Å². The zero-order chi connectivity index (χ0) is 32.7. The molecule has 0 aliphatic carbocycles. The van der Waals surface area contributed by atoms with E-state index in [0.29, 0.717) is 23.7 Å². The first-order valence-corrected chi connectivity index (χ1v) is 14.5. The van der Waals surface area contributed by atoms with Crippen LogP contribution in [0.5, 0.6) is 11.5 Å². The van der Waals surface area contributed by atoms with Crippen molar-refractivity contribution in [3.8, 4) is 11.5 Å². The van der Waals surface area contributed by atoms with E-state index < -0.39 is 35.6 Å². The van der Waals surface area contributed by atoms with Gasteiger partial charge in [0.1, 0.15) is 38.1 Å². The van der Waals surface area contributed by atoms with Gasteiger partial charge in [-0.05, 0) is 49.6 Å². The first kappa shape index (κ1) is 34.4. The fourth-order valence-corrected chi connectivity index (χ4v) is 3.94. The molecule has 0 spiro atoms. The number of nitrogens with one attached hydrogen (secondary N) is 1. The van der Waals surface area contributed by atoms with Crippen molar-refractivity contribution >= 4 is 24.0 Å². The van der Waals surface area contributed by atoms with Crippen LogP contribution in [0.4, 0.5) is 4.79 Å². The van der Waals surface area contributed by atoms with Crippen molar-refractivity contribution in [3.63, 3.8) is 0 Å². The van der Waals surface area contributed by atoms with Gasteiger partial charge in [-0.2, -0.15) is 0 Å². The Hall–Kier alpha value is -5.06. The molecule has 3 aromatic rings. The molecule has 0 saturated carbocycles. The Morgan fingerprint density at radius 2 is 1.31 bits per heavy atom. The SMILES string of the molecule is CC(C)(C)OC(=O)NC(Cc1ccc(OCc2ccccc2)c(OCc2ccccc2)c1)C(=O)OCCOC(=O)CCC(=O)O. The summed E-state index contributed by atoms with van der Waals surface area (Å²) in [6.45, 7) is 5.13. The molecule has 45 heavy (non-hydrogen) atoms. The van der Waals surface area contributed by atoms with E-state index in [1.807, 2.05) is 60.7 Å². The maximum absolute atomic E-state index is 13.1. The number of carboxylic acid groups (broad SMARTS) is 1. The summed E-state index contributed by atoms with van der Waals surface area (Å²) < 4.78 is 27.7. The summed E-state index contributed by atoms with van der Waals surface area (Å²) in [5.74, 6) is -1.68. The van der Waals surface area contributed by atoms with Gasteiger partial charge in [0.2, 0.25) is 0 Å². The fraction of sp³-hybridized carbons (Fsp3) is 0.353. The van der Waals surface area contributed by atoms with Crippen LogP contribution < -0.4 is 14.8 Å². The fourth-order valence-electron chi connectivity index (χ4n) is 3.94. The highest BCUT2D eigenvalue weighted by Crippen LogP contribution is 2.31. The maximum atomic E-state index is 13.1. The first-order valence-electron chi connectivity index (χ1n) is 14.5. The van der Waals surface area contributed by atoms with Crippen molar-refractivity contribution in [1.82, 2.24) is 5.32 Å². The highest BCUT2D eigenvalue weighted by atomic mass is 16.6. The summed E-state index contributed by atoms with van der Waals surface area (Å²) in [4.78, 5) is 47.9. The minimum absolute atomic E-state index is 0.0249. The summed E-state index contributed by atoms with van der Waals surface area (Å²) >= 11 is 0. The number of esters is 2. The molecule has 3 aromatic carbocycles. The Morgan fingerprint density at radius 1 is 0.733 bits per heavy atom. The summed E-state index contributed by atoms with van der Waals surface area (Å²) in [5.41, 5.74) is 1.77. The molecule has 3 rings (SSSR count). The van der Waals surface area contributed by atoms with Crippen molar-refractivity contribution < 1.29 is 48.0 Å². The molecule has 0 saturated heterocycles. The highest BCUT2D eigenvalue weighted by Gasteiger charge is 2.26. The van der Waals surface area contributed by atoms with Crippen LogP contribution in [-0.2, 0) is 48.2 Å². The maximum Gasteiger partial charge on any atom is 0.408 e. The molecular formula is C34H39NO10. The number of alkyl carbamates (subject to hydrolysis) is 1. The van der Waals surface area contributed by atoms with Crippen LogP contribution >= 0.6 is 0 Å². The third kappa shape index (κ3) is 13.4. The van der Waals surface area contributed by atoms with E-state index >= 15 is 0 Å². The van der Waals surface area contributed by atoms with Crippen molar-refractivity contribution in [3.05, 3.63) is 95.6 Å². The van der Waals surface area contributed by atoms with Crippen LogP contribution in [0.3, 0.4) is 0 Å². The Balaban J connectivity index is 1.74. The highest BCUT2D eigenvalue weighted by molar-refractivity contribution is 5.82. The molecule has 0 aliphatic rings. The molecule has 11 nitrogen and oxygen atoms in total. The molecule has 11 heteroatoms. The predicted octanol–water partition coefficient (Wildman–Crippen LogP) is 5.23. The molecule has 1 atom stereocenters. The van der Waals surface area contributed by atoms with Crippen molar-refractivity contribution in [2.75, 3.05) is 13.2 Å². The lowest BCUT2D eigenvalue weighted by molar-refractivity contribution is -0.154. The van der Waals surface area contributed by atoms with Crippen molar-refractivity contribution in [2.45, 2.75) is 64.9 Å². The van der Waals surface area contributed by atoms with Gasteiger partial charge in [0.25, 0.3) is 0 Å². The zero-order valence-electron chi connectivity index (χ0n) is 25.7. The normalized spacial score (nSPS) is 11.5. The lowest BCUT2D eigenvalue weighted by atomic mass is 10.1. The minimum Gasteiger partial charge on any atom is -0.485 e. The number of carboxylic acids is 1. The summed E-state index contributed by atoms with van der Waals surface area (Å²) in [5, 5.41) is 11.2. The Bertz CT molecular complexity index is 1400. The summed E-state index contributed by atoms with van der Waals surface area (Å²) in [7, 11) is 0. The predicted molar refractivity (Wildman–Crippen MR) is 164 cm³/mol. The number of ether oxygens (including phenoxy) is 5. The molecule has 1 amide bonds. The molecular weight excluding hydrogens is 582 g/mol. The average molecular weight is 622 g/mol.